The molecule has 5 nitrogen and oxygen atoms in total. The van der Waals surface area contributed by atoms with Gasteiger partial charge in [0.2, 0.25) is 0 Å². The number of rotatable bonds is 8. The Balaban J connectivity index is 1.34. The van der Waals surface area contributed by atoms with Gasteiger partial charge in [0, 0.05) is 25.5 Å². The maximum Gasteiger partial charge on any atom is 0.257 e. The topological polar surface area (TPSA) is 56.1 Å². The maximum atomic E-state index is 11.8. The molecule has 25 heavy (non-hydrogen) atoms. The lowest BCUT2D eigenvalue weighted by Gasteiger charge is -2.21. The minimum atomic E-state index is -0.0897. The van der Waals surface area contributed by atoms with Crippen molar-refractivity contribution in [1.29, 1.82) is 0 Å². The van der Waals surface area contributed by atoms with Crippen molar-refractivity contribution in [3.8, 4) is 5.75 Å². The number of nitrogens with one attached hydrogen (secondary N) is 1. The number of amides is 1. The first-order chi connectivity index (χ1) is 12.3. The molecular weight excluding hydrogens is 354 g/mol. The van der Waals surface area contributed by atoms with Crippen LogP contribution < -0.4 is 10.1 Å². The molecule has 1 aliphatic rings. The molecule has 0 radical (unpaired) electrons. The Labute approximate surface area is 156 Å². The molecule has 1 amide bonds. The van der Waals surface area contributed by atoms with Crippen molar-refractivity contribution in [2.75, 3.05) is 24.7 Å². The summed E-state index contributed by atoms with van der Waals surface area (Å²) in [6.07, 6.45) is 7.61. The van der Waals surface area contributed by atoms with Gasteiger partial charge in [-0.25, -0.2) is 4.98 Å². The van der Waals surface area contributed by atoms with Gasteiger partial charge < -0.3 is 14.6 Å². The average Bonchev–Trinajstić information content (AvgIpc) is 3.18. The van der Waals surface area contributed by atoms with Crippen molar-refractivity contribution in [3.05, 3.63) is 48.5 Å². The summed E-state index contributed by atoms with van der Waals surface area (Å²) in [7, 11) is 0. The summed E-state index contributed by atoms with van der Waals surface area (Å²) in [4.78, 5) is 15.8. The zero-order valence-corrected chi connectivity index (χ0v) is 15.7. The van der Waals surface area contributed by atoms with Gasteiger partial charge in [0.15, 0.2) is 6.61 Å². The second-order valence-electron chi connectivity index (χ2n) is 5.79. The lowest BCUT2D eigenvalue weighted by molar-refractivity contribution is -0.123. The van der Waals surface area contributed by atoms with Crippen LogP contribution in [0.3, 0.4) is 0 Å². The number of ether oxygens (including phenoxy) is 1. The molecule has 0 aliphatic carbocycles. The highest BCUT2D eigenvalue weighted by Crippen LogP contribution is 2.43. The van der Waals surface area contributed by atoms with Gasteiger partial charge in [-0.05, 0) is 42.0 Å². The highest BCUT2D eigenvalue weighted by atomic mass is 32.2. The molecule has 0 spiro atoms. The van der Waals surface area contributed by atoms with E-state index in [1.165, 1.54) is 23.5 Å². The molecule has 1 N–H and O–H groups in total. The third-order valence-corrected chi connectivity index (χ3v) is 6.84. The fourth-order valence-electron chi connectivity index (χ4n) is 2.51. The maximum absolute atomic E-state index is 11.8. The summed E-state index contributed by atoms with van der Waals surface area (Å²) in [6.45, 7) is 1.53. The van der Waals surface area contributed by atoms with Gasteiger partial charge in [-0.2, -0.15) is 0 Å². The zero-order valence-electron chi connectivity index (χ0n) is 14.1. The molecule has 1 aromatic heterocycles. The largest absolute Gasteiger partial charge is 0.484 e. The van der Waals surface area contributed by atoms with Gasteiger partial charge >= 0.3 is 0 Å². The number of nitrogens with zero attached hydrogens (tertiary/aromatic N) is 2. The monoisotopic (exact) mass is 377 g/mol. The summed E-state index contributed by atoms with van der Waals surface area (Å²) in [5.41, 5.74) is 1.33. The number of imidazole rings is 1. The number of hydrogen-bond acceptors (Lipinski definition) is 5. The fraction of sp³-hybridized carbons (Fsp3) is 0.444. The normalized spacial score (nSPS) is 15.0. The molecule has 7 heteroatoms. The third-order valence-electron chi connectivity index (χ3n) is 3.82. The smallest absolute Gasteiger partial charge is 0.257 e. The third kappa shape index (κ3) is 6.01. The Morgan fingerprint density at radius 1 is 1.28 bits per heavy atom. The van der Waals surface area contributed by atoms with E-state index < -0.39 is 0 Å². The number of carbonyl (C=O) groups excluding carboxylic acids is 1. The molecule has 0 saturated carbocycles. The van der Waals surface area contributed by atoms with Gasteiger partial charge in [-0.1, -0.05) is 12.1 Å². The van der Waals surface area contributed by atoms with Crippen LogP contribution in [0.1, 0.15) is 23.0 Å². The minimum Gasteiger partial charge on any atom is -0.484 e. The van der Waals surface area contributed by atoms with Crippen LogP contribution in [-0.2, 0) is 11.3 Å². The van der Waals surface area contributed by atoms with Gasteiger partial charge in [0.1, 0.15) is 5.75 Å². The van der Waals surface area contributed by atoms with Crippen molar-refractivity contribution in [2.24, 2.45) is 0 Å². The Kier molecular flexibility index (Phi) is 7.11. The highest BCUT2D eigenvalue weighted by molar-refractivity contribution is 8.16. The van der Waals surface area contributed by atoms with Crippen molar-refractivity contribution in [2.45, 2.75) is 24.0 Å². The first kappa shape index (κ1) is 18.2. The predicted octanol–water partition coefficient (Wildman–Crippen LogP) is 3.34. The average molecular weight is 378 g/mol. The van der Waals surface area contributed by atoms with E-state index in [2.05, 4.69) is 22.4 Å². The SMILES string of the molecule is O=C(COc1ccc(C2SCCCS2)cc1)NCCCn1ccnc1. The Morgan fingerprint density at radius 2 is 2.08 bits per heavy atom. The van der Waals surface area contributed by atoms with Crippen LogP contribution in [0.15, 0.2) is 43.0 Å². The van der Waals surface area contributed by atoms with Crippen LogP contribution >= 0.6 is 23.5 Å². The summed E-state index contributed by atoms with van der Waals surface area (Å²) in [5, 5.41) is 2.87. The Bertz CT molecular complexity index is 641. The summed E-state index contributed by atoms with van der Waals surface area (Å²) >= 11 is 4.01. The van der Waals surface area contributed by atoms with Crippen LogP contribution in [0.25, 0.3) is 0 Å². The second-order valence-corrected chi connectivity index (χ2v) is 8.51. The van der Waals surface area contributed by atoms with E-state index in [-0.39, 0.29) is 12.5 Å². The van der Waals surface area contributed by atoms with Crippen LogP contribution in [0, 0.1) is 0 Å². The molecule has 1 aliphatic heterocycles. The van der Waals surface area contributed by atoms with Crippen LogP contribution in [0.2, 0.25) is 0 Å². The van der Waals surface area contributed by atoms with Gasteiger partial charge in [-0.3, -0.25) is 4.79 Å². The summed E-state index contributed by atoms with van der Waals surface area (Å²) in [6, 6.07) is 8.12. The molecule has 1 saturated heterocycles. The van der Waals surface area contributed by atoms with E-state index in [1.807, 2.05) is 46.4 Å². The number of aromatic nitrogens is 2. The number of carbonyl (C=O) groups is 1. The van der Waals surface area contributed by atoms with Gasteiger partial charge in [0.05, 0.1) is 10.9 Å². The summed E-state index contributed by atoms with van der Waals surface area (Å²) < 4.78 is 8.09. The Hall–Kier alpha value is -1.60. The molecule has 0 bridgehead atoms. The molecule has 1 fully saturated rings. The molecule has 2 heterocycles. The molecule has 0 atom stereocenters. The highest BCUT2D eigenvalue weighted by Gasteiger charge is 2.16. The zero-order chi connectivity index (χ0) is 17.3. The predicted molar refractivity (Wildman–Crippen MR) is 104 cm³/mol. The van der Waals surface area contributed by atoms with Gasteiger partial charge in [0.25, 0.3) is 5.91 Å². The lowest BCUT2D eigenvalue weighted by atomic mass is 10.2. The van der Waals surface area contributed by atoms with Crippen LogP contribution in [-0.4, -0.2) is 40.1 Å². The number of thioether (sulfide) groups is 2. The van der Waals surface area contributed by atoms with E-state index >= 15 is 0 Å². The fourth-order valence-corrected chi connectivity index (χ4v) is 5.40. The van der Waals surface area contributed by atoms with Crippen molar-refractivity contribution in [3.63, 3.8) is 0 Å². The standard InChI is InChI=1S/C18H23N3O2S2/c22-17(20-7-1-9-21-10-8-19-14-21)13-23-16-5-3-15(4-6-16)18-24-11-2-12-25-18/h3-6,8,10,14,18H,1-2,7,9,11-13H2,(H,20,22). The van der Waals surface area contributed by atoms with Crippen LogP contribution in [0.4, 0.5) is 0 Å². The number of benzene rings is 1. The molecule has 1 aromatic carbocycles. The molecule has 134 valence electrons. The minimum absolute atomic E-state index is 0.0529. The van der Waals surface area contributed by atoms with E-state index in [0.717, 1.165) is 18.7 Å². The van der Waals surface area contributed by atoms with Gasteiger partial charge in [-0.15, -0.1) is 23.5 Å². The molecule has 3 rings (SSSR count). The van der Waals surface area contributed by atoms with E-state index in [4.69, 9.17) is 4.74 Å². The molecule has 0 unspecified atom stereocenters. The van der Waals surface area contributed by atoms with E-state index in [0.29, 0.717) is 11.1 Å². The lowest BCUT2D eigenvalue weighted by Crippen LogP contribution is -2.30. The number of hydrogen-bond donors (Lipinski definition) is 1. The van der Waals surface area contributed by atoms with Crippen molar-refractivity contribution < 1.29 is 9.53 Å². The quantitative estimate of drug-likeness (QED) is 0.715. The number of aryl methyl sites for hydroxylation is 1. The van der Waals surface area contributed by atoms with Crippen molar-refractivity contribution in [1.82, 2.24) is 14.9 Å². The first-order valence-corrected chi connectivity index (χ1v) is 10.6. The second kappa shape index (κ2) is 9.77. The van der Waals surface area contributed by atoms with E-state index in [1.54, 1.807) is 12.5 Å². The van der Waals surface area contributed by atoms with Crippen LogP contribution in [0.5, 0.6) is 5.75 Å². The molecule has 2 aromatic rings. The molecular formula is C18H23N3O2S2. The van der Waals surface area contributed by atoms with Crippen molar-refractivity contribution >= 4 is 29.4 Å². The van der Waals surface area contributed by atoms with E-state index in [9.17, 15) is 4.79 Å². The Morgan fingerprint density at radius 3 is 2.80 bits per heavy atom. The summed E-state index contributed by atoms with van der Waals surface area (Å²) in [5.74, 6) is 3.12. The first-order valence-electron chi connectivity index (χ1n) is 8.50.